The predicted octanol–water partition coefficient (Wildman–Crippen LogP) is 0.741. The van der Waals surface area contributed by atoms with Crippen LogP contribution in [0.1, 0.15) is 19.3 Å². The first-order valence-electron chi connectivity index (χ1n) is 6.10. The molecule has 1 aliphatic rings. The molecule has 0 saturated heterocycles. The van der Waals surface area contributed by atoms with Crippen LogP contribution in [0.3, 0.4) is 0 Å². The lowest BCUT2D eigenvalue weighted by molar-refractivity contribution is -0.141. The van der Waals surface area contributed by atoms with E-state index in [1.807, 2.05) is 0 Å². The zero-order valence-corrected chi connectivity index (χ0v) is 11.9. The van der Waals surface area contributed by atoms with Gasteiger partial charge in [0.15, 0.2) is 0 Å². The number of ether oxygens (including phenoxy) is 3. The normalized spacial score (nSPS) is 18.3. The quantitative estimate of drug-likeness (QED) is 0.436. The Balaban J connectivity index is 2.14. The van der Waals surface area contributed by atoms with Crippen molar-refractivity contribution in [3.05, 3.63) is 0 Å². The maximum absolute atomic E-state index is 11.8. The maximum atomic E-state index is 11.8. The molecule has 1 rings (SSSR count). The van der Waals surface area contributed by atoms with Crippen LogP contribution in [0, 0.1) is 5.41 Å². The molecule has 1 saturated carbocycles. The molecule has 0 aromatic heterocycles. The largest absolute Gasteiger partial charge is 0.469 e. The maximum Gasteiger partial charge on any atom is 0.306 e. The van der Waals surface area contributed by atoms with Crippen LogP contribution in [0.2, 0.25) is 0 Å². The number of rotatable bonds is 10. The minimum Gasteiger partial charge on any atom is -0.469 e. The highest BCUT2D eigenvalue weighted by Crippen LogP contribution is 2.49. The molecular formula is C12H22O5S. The van der Waals surface area contributed by atoms with E-state index >= 15 is 0 Å². The Morgan fingerprint density at radius 3 is 2.50 bits per heavy atom. The predicted molar refractivity (Wildman–Crippen MR) is 68.9 cm³/mol. The molecule has 1 unspecified atom stereocenters. The number of esters is 1. The van der Waals surface area contributed by atoms with Gasteiger partial charge in [-0.15, -0.1) is 0 Å². The van der Waals surface area contributed by atoms with Gasteiger partial charge in [0.1, 0.15) is 0 Å². The molecular weight excluding hydrogens is 256 g/mol. The molecule has 0 aromatic rings. The molecule has 0 N–H and O–H groups in total. The second-order valence-electron chi connectivity index (χ2n) is 4.65. The molecule has 0 amide bonds. The van der Waals surface area contributed by atoms with Crippen LogP contribution in [0.25, 0.3) is 0 Å². The third-order valence-corrected chi connectivity index (χ3v) is 4.61. The second kappa shape index (κ2) is 7.86. The van der Waals surface area contributed by atoms with E-state index in [0.29, 0.717) is 37.7 Å². The monoisotopic (exact) mass is 278 g/mol. The number of methoxy groups -OCH3 is 2. The molecule has 0 aliphatic heterocycles. The van der Waals surface area contributed by atoms with Crippen molar-refractivity contribution < 1.29 is 23.2 Å². The van der Waals surface area contributed by atoms with Gasteiger partial charge in [-0.3, -0.25) is 9.00 Å². The minimum atomic E-state index is -0.924. The summed E-state index contributed by atoms with van der Waals surface area (Å²) in [5.74, 6) is 0.892. The van der Waals surface area contributed by atoms with E-state index in [1.54, 1.807) is 7.11 Å². The Morgan fingerprint density at radius 1 is 1.22 bits per heavy atom. The molecule has 0 heterocycles. The first kappa shape index (κ1) is 15.6. The van der Waals surface area contributed by atoms with E-state index in [9.17, 15) is 9.00 Å². The zero-order chi connectivity index (χ0) is 13.4. The van der Waals surface area contributed by atoms with Crippen molar-refractivity contribution in [3.63, 3.8) is 0 Å². The molecule has 6 heteroatoms. The molecule has 0 radical (unpaired) electrons. The van der Waals surface area contributed by atoms with E-state index in [4.69, 9.17) is 9.47 Å². The van der Waals surface area contributed by atoms with Crippen LogP contribution in [0.5, 0.6) is 0 Å². The van der Waals surface area contributed by atoms with Crippen molar-refractivity contribution in [2.45, 2.75) is 19.3 Å². The summed E-state index contributed by atoms with van der Waals surface area (Å²) in [5, 5.41) is 0. The fourth-order valence-corrected chi connectivity index (χ4v) is 3.26. The van der Waals surface area contributed by atoms with Crippen LogP contribution in [0.15, 0.2) is 0 Å². The summed E-state index contributed by atoms with van der Waals surface area (Å²) in [6.45, 7) is 1.56. The van der Waals surface area contributed by atoms with Crippen LogP contribution < -0.4 is 0 Å². The lowest BCUT2D eigenvalue weighted by Gasteiger charge is -2.13. The zero-order valence-electron chi connectivity index (χ0n) is 11.1. The van der Waals surface area contributed by atoms with Gasteiger partial charge in [0.05, 0.1) is 33.4 Å². The first-order chi connectivity index (χ1) is 8.62. The molecule has 5 nitrogen and oxygen atoms in total. The minimum absolute atomic E-state index is 0.0650. The lowest BCUT2D eigenvalue weighted by atomic mass is 10.1. The summed E-state index contributed by atoms with van der Waals surface area (Å²) in [5.41, 5.74) is -0.0650. The molecule has 106 valence electrons. The molecule has 1 aliphatic carbocycles. The topological polar surface area (TPSA) is 61.8 Å². The van der Waals surface area contributed by atoms with Gasteiger partial charge in [-0.25, -0.2) is 0 Å². The summed E-state index contributed by atoms with van der Waals surface area (Å²) >= 11 is 0. The fourth-order valence-electron chi connectivity index (χ4n) is 1.74. The summed E-state index contributed by atoms with van der Waals surface area (Å²) in [4.78, 5) is 11.2. The average Bonchev–Trinajstić information content (AvgIpc) is 3.08. The van der Waals surface area contributed by atoms with Crippen molar-refractivity contribution in [1.82, 2.24) is 0 Å². The molecule has 0 spiro atoms. The first-order valence-corrected chi connectivity index (χ1v) is 7.59. The van der Waals surface area contributed by atoms with Crippen LogP contribution >= 0.6 is 0 Å². The van der Waals surface area contributed by atoms with E-state index in [-0.39, 0.29) is 11.4 Å². The summed E-state index contributed by atoms with van der Waals surface area (Å²) in [6.07, 6.45) is 2.33. The third-order valence-electron chi connectivity index (χ3n) is 3.06. The molecule has 1 fully saturated rings. The second-order valence-corrected chi connectivity index (χ2v) is 6.22. The number of carbonyl (C=O) groups excluding carboxylic acids is 1. The van der Waals surface area contributed by atoms with Gasteiger partial charge < -0.3 is 14.2 Å². The van der Waals surface area contributed by atoms with Crippen molar-refractivity contribution in [2.75, 3.05) is 45.5 Å². The third kappa shape index (κ3) is 5.93. The molecule has 0 bridgehead atoms. The average molecular weight is 278 g/mol. The molecule has 18 heavy (non-hydrogen) atoms. The van der Waals surface area contributed by atoms with E-state index < -0.39 is 10.8 Å². The standard InChI is InChI=1S/C12H22O5S/c1-15-5-6-17-7-8-18(14)10-12(3-4-12)9-11(13)16-2/h3-10H2,1-2H3. The van der Waals surface area contributed by atoms with Gasteiger partial charge in [0.2, 0.25) is 0 Å². The Labute approximate surface area is 111 Å². The van der Waals surface area contributed by atoms with Crippen molar-refractivity contribution in [1.29, 1.82) is 0 Å². The van der Waals surface area contributed by atoms with Gasteiger partial charge in [-0.1, -0.05) is 0 Å². The van der Waals surface area contributed by atoms with E-state index in [1.165, 1.54) is 7.11 Å². The molecule has 0 aromatic carbocycles. The molecule has 1 atom stereocenters. The van der Waals surface area contributed by atoms with Crippen LogP contribution in [-0.4, -0.2) is 55.7 Å². The highest BCUT2D eigenvalue weighted by Gasteiger charge is 2.45. The SMILES string of the molecule is COCCOCCS(=O)CC1(CC(=O)OC)CC1. The number of hydrogen-bond acceptors (Lipinski definition) is 5. The van der Waals surface area contributed by atoms with E-state index in [0.717, 1.165) is 12.8 Å². The van der Waals surface area contributed by atoms with Gasteiger partial charge in [0.25, 0.3) is 0 Å². The Bertz CT molecular complexity index is 288. The van der Waals surface area contributed by atoms with Crippen molar-refractivity contribution in [3.8, 4) is 0 Å². The van der Waals surface area contributed by atoms with Gasteiger partial charge in [0, 0.05) is 29.4 Å². The number of carbonyl (C=O) groups is 1. The highest BCUT2D eigenvalue weighted by molar-refractivity contribution is 7.85. The van der Waals surface area contributed by atoms with E-state index in [2.05, 4.69) is 4.74 Å². The van der Waals surface area contributed by atoms with Gasteiger partial charge in [-0.05, 0) is 18.3 Å². The van der Waals surface area contributed by atoms with Gasteiger partial charge in [-0.2, -0.15) is 0 Å². The Hall–Kier alpha value is -0.460. The van der Waals surface area contributed by atoms with Crippen molar-refractivity contribution in [2.24, 2.45) is 5.41 Å². The smallest absolute Gasteiger partial charge is 0.306 e. The summed E-state index contributed by atoms with van der Waals surface area (Å²) < 4.78 is 26.6. The Morgan fingerprint density at radius 2 is 1.94 bits per heavy atom. The lowest BCUT2D eigenvalue weighted by Crippen LogP contribution is -2.21. The summed E-state index contributed by atoms with van der Waals surface area (Å²) in [7, 11) is 2.08. The number of hydrogen-bond donors (Lipinski definition) is 0. The Kier molecular flexibility index (Phi) is 6.81. The summed E-state index contributed by atoms with van der Waals surface area (Å²) in [6, 6.07) is 0. The highest BCUT2D eigenvalue weighted by atomic mass is 32.2. The van der Waals surface area contributed by atoms with Crippen LogP contribution in [-0.2, 0) is 29.8 Å². The van der Waals surface area contributed by atoms with Crippen LogP contribution in [0.4, 0.5) is 0 Å². The fraction of sp³-hybridized carbons (Fsp3) is 0.917. The van der Waals surface area contributed by atoms with Crippen molar-refractivity contribution >= 4 is 16.8 Å². The van der Waals surface area contributed by atoms with Gasteiger partial charge >= 0.3 is 5.97 Å².